The van der Waals surface area contributed by atoms with Crippen molar-refractivity contribution in [1.29, 1.82) is 0 Å². The molecule has 0 atom stereocenters. The van der Waals surface area contributed by atoms with Gasteiger partial charge in [-0.1, -0.05) is 6.07 Å². The summed E-state index contributed by atoms with van der Waals surface area (Å²) in [6.07, 6.45) is 1.54. The van der Waals surface area contributed by atoms with Gasteiger partial charge in [0.05, 0.1) is 16.8 Å². The zero-order valence-electron chi connectivity index (χ0n) is 13.6. The number of pyridine rings is 1. The second-order valence-electron chi connectivity index (χ2n) is 5.86. The number of nitrogen functional groups attached to an aromatic ring is 1. The molecule has 0 aliphatic rings. The fourth-order valence-corrected chi connectivity index (χ4v) is 3.05. The van der Waals surface area contributed by atoms with Crippen LogP contribution in [0.2, 0.25) is 0 Å². The number of carbonyl (C=O) groups is 1. The smallest absolute Gasteiger partial charge is 0.253 e. The van der Waals surface area contributed by atoms with Crippen molar-refractivity contribution in [2.75, 3.05) is 5.73 Å². The van der Waals surface area contributed by atoms with Crippen molar-refractivity contribution in [3.8, 4) is 11.4 Å². The van der Waals surface area contributed by atoms with Crippen LogP contribution in [0, 0.1) is 13.8 Å². The molecule has 3 rings (SSSR count). The average Bonchev–Trinajstić information content (AvgIpc) is 2.77. The van der Waals surface area contributed by atoms with Crippen LogP contribution in [0.25, 0.3) is 16.6 Å². The van der Waals surface area contributed by atoms with E-state index in [1.54, 1.807) is 30.7 Å². The van der Waals surface area contributed by atoms with Gasteiger partial charge >= 0.3 is 0 Å². The van der Waals surface area contributed by atoms with E-state index in [0.717, 1.165) is 5.56 Å². The number of anilines is 1. The first-order valence-electron chi connectivity index (χ1n) is 7.34. The summed E-state index contributed by atoms with van der Waals surface area (Å²) in [7, 11) is 1.59. The van der Waals surface area contributed by atoms with Crippen LogP contribution in [0.5, 0.6) is 5.75 Å². The first kappa shape index (κ1) is 15.7. The Morgan fingerprint density at radius 3 is 2.54 bits per heavy atom. The Hall–Kier alpha value is -3.22. The third kappa shape index (κ3) is 2.05. The van der Waals surface area contributed by atoms with Crippen molar-refractivity contribution in [3.05, 3.63) is 51.4 Å². The minimum Gasteiger partial charge on any atom is -0.508 e. The monoisotopic (exact) mass is 326 g/mol. The molecule has 1 aromatic carbocycles. The number of rotatable bonds is 2. The molecule has 3 aromatic rings. The molecule has 0 saturated carbocycles. The van der Waals surface area contributed by atoms with Crippen LogP contribution in [-0.4, -0.2) is 20.1 Å². The van der Waals surface area contributed by atoms with Gasteiger partial charge in [0, 0.05) is 30.3 Å². The largest absolute Gasteiger partial charge is 0.508 e. The quantitative estimate of drug-likeness (QED) is 0.658. The molecule has 1 amide bonds. The number of phenols is 1. The Morgan fingerprint density at radius 1 is 1.25 bits per heavy atom. The maximum Gasteiger partial charge on any atom is 0.253 e. The van der Waals surface area contributed by atoms with Crippen molar-refractivity contribution in [2.45, 2.75) is 13.8 Å². The van der Waals surface area contributed by atoms with Crippen molar-refractivity contribution >= 4 is 22.6 Å². The molecule has 0 unspecified atom stereocenters. The number of aromatic nitrogens is 2. The molecule has 0 saturated heterocycles. The number of nitrogens with zero attached hydrogens (tertiary/aromatic N) is 2. The lowest BCUT2D eigenvalue weighted by atomic mass is 10.1. The third-order valence-electron chi connectivity index (χ3n) is 4.29. The number of hydrogen-bond donors (Lipinski definition) is 3. The fourth-order valence-electron chi connectivity index (χ4n) is 3.05. The Bertz CT molecular complexity index is 1060. The lowest BCUT2D eigenvalue weighted by Crippen LogP contribution is -2.15. The molecule has 7 heteroatoms. The molecule has 7 nitrogen and oxygen atoms in total. The number of primary amides is 1. The molecule has 0 fully saturated rings. The highest BCUT2D eigenvalue weighted by Crippen LogP contribution is 2.35. The van der Waals surface area contributed by atoms with E-state index in [1.807, 2.05) is 6.92 Å². The number of amides is 1. The Morgan fingerprint density at radius 2 is 1.92 bits per heavy atom. The Kier molecular flexibility index (Phi) is 3.37. The standard InChI is InChI=1S/C17H18N4O3/c1-8-4-5-12(22)9(2)15(8)21-11-6-13(23)20(3)7-10(11)14(16(21)18)17(19)24/h4-7,22H,18H2,1-3H3,(H2,19,24). The van der Waals surface area contributed by atoms with E-state index in [9.17, 15) is 14.7 Å². The fraction of sp³-hybridized carbons (Fsp3) is 0.176. The van der Waals surface area contributed by atoms with Crippen LogP contribution in [0.4, 0.5) is 5.82 Å². The summed E-state index contributed by atoms with van der Waals surface area (Å²) in [6, 6.07) is 4.74. The second-order valence-corrected chi connectivity index (χ2v) is 5.86. The van der Waals surface area contributed by atoms with E-state index in [0.29, 0.717) is 22.2 Å². The first-order valence-corrected chi connectivity index (χ1v) is 7.34. The molecule has 0 radical (unpaired) electrons. The highest BCUT2D eigenvalue weighted by Gasteiger charge is 2.23. The average molecular weight is 326 g/mol. The van der Waals surface area contributed by atoms with E-state index < -0.39 is 5.91 Å². The number of aromatic hydroxyl groups is 1. The summed E-state index contributed by atoms with van der Waals surface area (Å²) in [4.78, 5) is 24.0. The van der Waals surface area contributed by atoms with Gasteiger partial charge in [0.2, 0.25) is 0 Å². The molecular formula is C17H18N4O3. The highest BCUT2D eigenvalue weighted by molar-refractivity contribution is 6.11. The van der Waals surface area contributed by atoms with Crippen LogP contribution < -0.4 is 17.0 Å². The second kappa shape index (κ2) is 5.16. The van der Waals surface area contributed by atoms with Gasteiger partial charge in [0.15, 0.2) is 0 Å². The molecular weight excluding hydrogens is 308 g/mol. The number of hydrogen-bond acceptors (Lipinski definition) is 4. The van der Waals surface area contributed by atoms with Gasteiger partial charge in [0.25, 0.3) is 11.5 Å². The number of phenolic OH excluding ortho intramolecular Hbond substituents is 1. The molecule has 0 aliphatic carbocycles. The van der Waals surface area contributed by atoms with Crippen molar-refractivity contribution in [3.63, 3.8) is 0 Å². The molecule has 2 heterocycles. The molecule has 124 valence electrons. The van der Waals surface area contributed by atoms with Crippen LogP contribution in [0.3, 0.4) is 0 Å². The van der Waals surface area contributed by atoms with E-state index in [1.165, 1.54) is 16.8 Å². The summed E-state index contributed by atoms with van der Waals surface area (Å²) >= 11 is 0. The van der Waals surface area contributed by atoms with Gasteiger partial charge in [-0.2, -0.15) is 0 Å². The van der Waals surface area contributed by atoms with Crippen molar-refractivity contribution < 1.29 is 9.90 Å². The summed E-state index contributed by atoms with van der Waals surface area (Å²) in [5, 5.41) is 10.5. The van der Waals surface area contributed by atoms with Crippen LogP contribution in [0.15, 0.2) is 29.2 Å². The van der Waals surface area contributed by atoms with Crippen molar-refractivity contribution in [1.82, 2.24) is 9.13 Å². The highest BCUT2D eigenvalue weighted by atomic mass is 16.3. The summed E-state index contributed by atoms with van der Waals surface area (Å²) in [5.41, 5.74) is 14.1. The van der Waals surface area contributed by atoms with Crippen LogP contribution >= 0.6 is 0 Å². The van der Waals surface area contributed by atoms with Crippen molar-refractivity contribution in [2.24, 2.45) is 12.8 Å². The Balaban J connectivity index is 2.57. The van der Waals surface area contributed by atoms with Gasteiger partial charge in [-0.25, -0.2) is 0 Å². The van der Waals surface area contributed by atoms with Crippen LogP contribution in [-0.2, 0) is 7.05 Å². The summed E-state index contributed by atoms with van der Waals surface area (Å²) in [5.74, 6) is -0.438. The number of fused-ring (bicyclic) bond motifs is 1. The van der Waals surface area contributed by atoms with Gasteiger partial charge in [0.1, 0.15) is 11.6 Å². The predicted octanol–water partition coefficient (Wildman–Crippen LogP) is 1.33. The van der Waals surface area contributed by atoms with Gasteiger partial charge in [-0.05, 0) is 25.5 Å². The number of nitrogens with two attached hydrogens (primary N) is 2. The van der Waals surface area contributed by atoms with E-state index in [-0.39, 0.29) is 22.7 Å². The SMILES string of the molecule is Cc1ccc(O)c(C)c1-n1c(N)c(C(N)=O)c2cn(C)c(=O)cc21. The molecule has 0 spiro atoms. The zero-order chi connectivity index (χ0) is 17.8. The molecule has 2 aromatic heterocycles. The maximum atomic E-state index is 12.1. The number of carbonyl (C=O) groups excluding carboxylic acids is 1. The van der Waals surface area contributed by atoms with E-state index in [4.69, 9.17) is 11.5 Å². The summed E-state index contributed by atoms with van der Waals surface area (Å²) < 4.78 is 2.96. The minimum atomic E-state index is -0.676. The van der Waals surface area contributed by atoms with Gasteiger partial charge < -0.3 is 21.1 Å². The summed E-state index contributed by atoms with van der Waals surface area (Å²) in [6.45, 7) is 3.60. The minimum absolute atomic E-state index is 0.0984. The first-order chi connectivity index (χ1) is 11.2. The molecule has 0 aliphatic heterocycles. The van der Waals surface area contributed by atoms with E-state index in [2.05, 4.69) is 0 Å². The lowest BCUT2D eigenvalue weighted by molar-refractivity contribution is 0.100. The maximum absolute atomic E-state index is 12.1. The normalized spacial score (nSPS) is 11.1. The number of benzene rings is 1. The van der Waals surface area contributed by atoms with E-state index >= 15 is 0 Å². The number of aryl methyl sites for hydroxylation is 2. The molecule has 0 bridgehead atoms. The van der Waals surface area contributed by atoms with Gasteiger partial charge in [-0.3, -0.25) is 14.2 Å². The van der Waals surface area contributed by atoms with Crippen LogP contribution in [0.1, 0.15) is 21.5 Å². The predicted molar refractivity (Wildman–Crippen MR) is 92.6 cm³/mol. The topological polar surface area (TPSA) is 116 Å². The zero-order valence-corrected chi connectivity index (χ0v) is 13.6. The third-order valence-corrected chi connectivity index (χ3v) is 4.29. The molecule has 5 N–H and O–H groups in total. The lowest BCUT2D eigenvalue weighted by Gasteiger charge is -2.15. The molecule has 24 heavy (non-hydrogen) atoms. The van der Waals surface area contributed by atoms with Gasteiger partial charge in [-0.15, -0.1) is 0 Å². The Labute approximate surface area is 137 Å².